The molecule has 12 aromatic carbocycles. The van der Waals surface area contributed by atoms with Crippen LogP contribution in [0.4, 0.5) is 34.1 Å². The second-order valence-electron chi connectivity index (χ2n) is 21.1. The lowest BCUT2D eigenvalue weighted by Gasteiger charge is -2.32. The molecule has 0 saturated carbocycles. The largest absolute Gasteiger partial charge is 0.453 e. The van der Waals surface area contributed by atoms with Gasteiger partial charge in [-0.15, -0.1) is 0 Å². The van der Waals surface area contributed by atoms with E-state index in [0.29, 0.717) is 0 Å². The molecule has 0 fully saturated rings. The lowest BCUT2D eigenvalue weighted by atomic mass is 10.1. The molecule has 0 amide bonds. The van der Waals surface area contributed by atoms with Crippen LogP contribution in [0.2, 0.25) is 0 Å². The smallest absolute Gasteiger partial charge is 0.151 e. The molecule has 18 rings (SSSR count). The first kappa shape index (κ1) is 49.8. The average Bonchev–Trinajstić information content (AvgIpc) is 2.32. The van der Waals surface area contributed by atoms with E-state index in [1.807, 2.05) is 66.9 Å². The zero-order valence-corrected chi connectivity index (χ0v) is 47.4. The van der Waals surface area contributed by atoms with Crippen LogP contribution in [-0.4, -0.2) is 18.7 Å². The van der Waals surface area contributed by atoms with Crippen LogP contribution in [0.15, 0.2) is 308 Å². The SMILES string of the molecule is Brc1ccc(N2c3ccccc3Oc3ccccc32)cc1.c1ccc(-n2c3ccccc3c3ccc4[nH]ccc4c32)cc1.c1ccc(-n2c3ccccc3c3ccc4c(ccn4-c4ccc(N5c6ccccc6Oc6ccccc65)cc4)c32)cc1. The van der Waals surface area contributed by atoms with Gasteiger partial charge in [-0.3, -0.25) is 0 Å². The zero-order chi connectivity index (χ0) is 56.4. The molecule has 2 aliphatic heterocycles. The zero-order valence-electron chi connectivity index (χ0n) is 45.8. The highest BCUT2D eigenvalue weighted by Crippen LogP contribution is 2.52. The molecule has 16 aromatic rings. The summed E-state index contributed by atoms with van der Waals surface area (Å²) in [4.78, 5) is 7.82. The number of hydrogen-bond acceptors (Lipinski definition) is 4. The first-order valence-corrected chi connectivity index (χ1v) is 29.2. The van der Waals surface area contributed by atoms with Crippen molar-refractivity contribution in [3.05, 3.63) is 308 Å². The van der Waals surface area contributed by atoms with Crippen LogP contribution in [0.5, 0.6) is 23.0 Å². The fourth-order valence-corrected chi connectivity index (χ4v) is 12.8. The number of ether oxygens (including phenoxy) is 2. The quantitative estimate of drug-likeness (QED) is 0.187. The van der Waals surface area contributed by atoms with Gasteiger partial charge in [0.05, 0.1) is 50.3 Å². The third-order valence-corrected chi connectivity index (χ3v) is 16.8. The van der Waals surface area contributed by atoms with Crippen molar-refractivity contribution in [1.29, 1.82) is 0 Å². The molecule has 0 unspecified atom stereocenters. The molecule has 0 saturated heterocycles. The Morgan fingerprint density at radius 2 is 0.694 bits per heavy atom. The van der Waals surface area contributed by atoms with E-state index in [1.165, 1.54) is 76.8 Å². The first-order valence-electron chi connectivity index (χ1n) is 28.4. The lowest BCUT2D eigenvalue weighted by Crippen LogP contribution is -2.15. The van der Waals surface area contributed by atoms with Gasteiger partial charge in [-0.2, -0.15) is 0 Å². The summed E-state index contributed by atoms with van der Waals surface area (Å²) in [5.41, 5.74) is 17.2. The van der Waals surface area contributed by atoms with Crippen LogP contribution in [-0.2, 0) is 0 Å². The molecule has 9 heteroatoms. The number of aromatic amines is 1. The van der Waals surface area contributed by atoms with Gasteiger partial charge in [-0.25, -0.2) is 0 Å². The topological polar surface area (TPSA) is 55.5 Å². The Hall–Kier alpha value is -11.0. The molecule has 0 spiro atoms. The van der Waals surface area contributed by atoms with E-state index in [2.05, 4.69) is 281 Å². The molecule has 4 aromatic heterocycles. The van der Waals surface area contributed by atoms with Gasteiger partial charge < -0.3 is 38.0 Å². The second kappa shape index (κ2) is 20.8. The van der Waals surface area contributed by atoms with Crippen LogP contribution in [0.25, 0.3) is 82.5 Å². The van der Waals surface area contributed by atoms with Gasteiger partial charge in [0.2, 0.25) is 0 Å². The Bertz CT molecular complexity index is 5070. The Kier molecular flexibility index (Phi) is 12.2. The van der Waals surface area contributed by atoms with Crippen LogP contribution >= 0.6 is 15.9 Å². The molecule has 8 nitrogen and oxygen atoms in total. The summed E-state index contributed by atoms with van der Waals surface area (Å²) in [5.74, 6) is 3.46. The number of nitrogens with zero attached hydrogens (tertiary/aromatic N) is 5. The molecular formula is C76H51BrN6O2. The van der Waals surface area contributed by atoms with E-state index >= 15 is 0 Å². The minimum absolute atomic E-state index is 0.856. The van der Waals surface area contributed by atoms with E-state index in [0.717, 1.165) is 67.3 Å². The van der Waals surface area contributed by atoms with Crippen LogP contribution in [0.3, 0.4) is 0 Å². The number of fused-ring (bicyclic) bond motifs is 14. The molecular weight excluding hydrogens is 1110 g/mol. The van der Waals surface area contributed by atoms with Crippen molar-refractivity contribution in [3.8, 4) is 40.1 Å². The second-order valence-corrected chi connectivity index (χ2v) is 22.0. The Balaban J connectivity index is 0.000000115. The number of para-hydroxylation sites is 12. The van der Waals surface area contributed by atoms with Crippen molar-refractivity contribution in [2.24, 2.45) is 0 Å². The van der Waals surface area contributed by atoms with Gasteiger partial charge >= 0.3 is 0 Å². The Morgan fingerprint density at radius 3 is 1.20 bits per heavy atom. The highest BCUT2D eigenvalue weighted by molar-refractivity contribution is 9.10. The van der Waals surface area contributed by atoms with Crippen molar-refractivity contribution in [2.75, 3.05) is 9.80 Å². The minimum atomic E-state index is 0.856. The maximum absolute atomic E-state index is 6.21. The normalized spacial score (nSPS) is 12.2. The number of hydrogen-bond donors (Lipinski definition) is 1. The van der Waals surface area contributed by atoms with Gasteiger partial charge in [0.15, 0.2) is 23.0 Å². The summed E-state index contributed by atoms with van der Waals surface area (Å²) in [5, 5.41) is 7.61. The minimum Gasteiger partial charge on any atom is -0.453 e. The summed E-state index contributed by atoms with van der Waals surface area (Å²) < 4.78 is 20.3. The maximum atomic E-state index is 6.21. The van der Waals surface area contributed by atoms with Gasteiger partial charge in [-0.1, -0.05) is 149 Å². The van der Waals surface area contributed by atoms with Crippen LogP contribution in [0, 0.1) is 0 Å². The Morgan fingerprint density at radius 1 is 0.282 bits per heavy atom. The van der Waals surface area contributed by atoms with Crippen LogP contribution < -0.4 is 19.3 Å². The highest BCUT2D eigenvalue weighted by Gasteiger charge is 2.27. The van der Waals surface area contributed by atoms with E-state index in [9.17, 15) is 0 Å². The fourth-order valence-electron chi connectivity index (χ4n) is 12.5. The molecule has 0 atom stereocenters. The summed E-state index contributed by atoms with van der Waals surface area (Å²) >= 11 is 3.49. The van der Waals surface area contributed by atoms with Crippen molar-refractivity contribution in [1.82, 2.24) is 18.7 Å². The molecule has 85 heavy (non-hydrogen) atoms. The average molecular weight is 1160 g/mol. The summed E-state index contributed by atoms with van der Waals surface area (Å²) in [6, 6.07) is 102. The third kappa shape index (κ3) is 8.51. The van der Waals surface area contributed by atoms with Crippen molar-refractivity contribution in [3.63, 3.8) is 0 Å². The van der Waals surface area contributed by atoms with Crippen LogP contribution in [0.1, 0.15) is 0 Å². The number of anilines is 6. The fraction of sp³-hybridized carbons (Fsp3) is 0. The van der Waals surface area contributed by atoms with Gasteiger partial charge in [0.1, 0.15) is 0 Å². The molecule has 1 N–H and O–H groups in total. The van der Waals surface area contributed by atoms with E-state index in [4.69, 9.17) is 9.47 Å². The molecule has 0 radical (unpaired) electrons. The summed E-state index contributed by atoms with van der Waals surface area (Å²) in [6.45, 7) is 0. The van der Waals surface area contributed by atoms with E-state index < -0.39 is 0 Å². The predicted molar refractivity (Wildman–Crippen MR) is 354 cm³/mol. The van der Waals surface area contributed by atoms with Crippen molar-refractivity contribution < 1.29 is 9.47 Å². The van der Waals surface area contributed by atoms with Gasteiger partial charge in [0, 0.05) is 83.1 Å². The summed E-state index contributed by atoms with van der Waals surface area (Å²) in [6.07, 6.45) is 4.20. The first-order chi connectivity index (χ1) is 42.1. The van der Waals surface area contributed by atoms with Gasteiger partial charge in [0.25, 0.3) is 0 Å². The molecule has 404 valence electrons. The third-order valence-electron chi connectivity index (χ3n) is 16.2. The lowest BCUT2D eigenvalue weighted by molar-refractivity contribution is 0.477. The number of H-pyrrole nitrogens is 1. The predicted octanol–water partition coefficient (Wildman–Crippen LogP) is 21.6. The number of aromatic nitrogens is 4. The molecule has 0 aliphatic carbocycles. The maximum Gasteiger partial charge on any atom is 0.151 e. The standard InChI is InChI=1S/C38H25N3O.C20H14N2.C18H12BrNO/c1-2-10-27(11-3-1)41-33-13-5-4-12-29(33)30-22-23-32-31(38(30)41)24-25-39(32)26-18-20-28(21-19-26)40-34-14-6-8-16-36(34)42-37-17-9-7-15-35(37)40;1-2-6-14(7-3-1)22-19-9-5-4-8-15(19)16-10-11-18-17(20(16)22)12-13-21-18;19-13-9-11-14(12-10-13)20-15-5-1-3-7-17(15)21-18-8-4-2-6-16(18)20/h1-25H;1-13,21H;1-12H. The number of nitrogens with one attached hydrogen (secondary N) is 1. The number of benzene rings is 12. The summed E-state index contributed by atoms with van der Waals surface area (Å²) in [7, 11) is 0. The van der Waals surface area contributed by atoms with Crippen molar-refractivity contribution >= 4 is 115 Å². The molecule has 2 aliphatic rings. The van der Waals surface area contributed by atoms with E-state index in [-0.39, 0.29) is 0 Å². The van der Waals surface area contributed by atoms with Crippen molar-refractivity contribution in [2.45, 2.75) is 0 Å². The number of rotatable bonds is 5. The number of halogens is 1. The Labute approximate surface area is 498 Å². The molecule has 6 heterocycles. The monoisotopic (exact) mass is 1160 g/mol. The molecule has 0 bridgehead atoms. The van der Waals surface area contributed by atoms with Gasteiger partial charge in [-0.05, 0) is 158 Å². The van der Waals surface area contributed by atoms with E-state index in [1.54, 1.807) is 0 Å². The highest BCUT2D eigenvalue weighted by atomic mass is 79.9.